The van der Waals surface area contributed by atoms with Gasteiger partial charge in [-0.3, -0.25) is 0 Å². The van der Waals surface area contributed by atoms with Gasteiger partial charge in [0.25, 0.3) is 0 Å². The number of ether oxygens (including phenoxy) is 1. The molecule has 0 spiro atoms. The number of hydrogen-bond donors (Lipinski definition) is 1. The van der Waals surface area contributed by atoms with Crippen LogP contribution in [0.25, 0.3) is 0 Å². The van der Waals surface area contributed by atoms with E-state index < -0.39 is 0 Å². The molecule has 2 heteroatoms. The second-order valence-electron chi connectivity index (χ2n) is 5.16. The van der Waals surface area contributed by atoms with Crippen molar-refractivity contribution in [2.45, 2.75) is 51.2 Å². The molecule has 1 aliphatic heterocycles. The Morgan fingerprint density at radius 2 is 2.06 bits per heavy atom. The molecule has 2 rings (SSSR count). The van der Waals surface area contributed by atoms with Gasteiger partial charge in [0.05, 0.1) is 6.10 Å². The van der Waals surface area contributed by atoms with Crippen molar-refractivity contribution in [3.05, 3.63) is 35.4 Å². The molecule has 1 aliphatic rings. The van der Waals surface area contributed by atoms with Gasteiger partial charge < -0.3 is 10.1 Å². The minimum Gasteiger partial charge on any atom is -0.378 e. The van der Waals surface area contributed by atoms with E-state index in [0.29, 0.717) is 12.1 Å². The van der Waals surface area contributed by atoms with Crippen molar-refractivity contribution < 1.29 is 4.74 Å². The Labute approximate surface area is 111 Å². The first kappa shape index (κ1) is 13.6. The molecule has 0 bridgehead atoms. The lowest BCUT2D eigenvalue weighted by atomic mass is 9.96. The number of nitrogens with one attached hydrogen (secondary N) is 1. The lowest BCUT2D eigenvalue weighted by Crippen LogP contribution is -2.26. The van der Waals surface area contributed by atoms with Gasteiger partial charge in [0.1, 0.15) is 0 Å². The van der Waals surface area contributed by atoms with E-state index in [-0.39, 0.29) is 0 Å². The fourth-order valence-corrected chi connectivity index (χ4v) is 2.66. The highest BCUT2D eigenvalue weighted by Crippen LogP contribution is 2.24. The second kappa shape index (κ2) is 6.91. The largest absolute Gasteiger partial charge is 0.378 e. The van der Waals surface area contributed by atoms with Gasteiger partial charge in [0.2, 0.25) is 0 Å². The zero-order valence-corrected chi connectivity index (χ0v) is 11.6. The highest BCUT2D eigenvalue weighted by atomic mass is 16.5. The summed E-state index contributed by atoms with van der Waals surface area (Å²) in [4.78, 5) is 0. The normalized spacial score (nSPS) is 21.8. The molecule has 0 aliphatic carbocycles. The van der Waals surface area contributed by atoms with E-state index in [0.717, 1.165) is 19.4 Å². The minimum absolute atomic E-state index is 0.416. The first-order chi connectivity index (χ1) is 8.83. The lowest BCUT2D eigenvalue weighted by Gasteiger charge is -2.27. The van der Waals surface area contributed by atoms with E-state index in [1.54, 1.807) is 0 Å². The fourth-order valence-electron chi connectivity index (χ4n) is 2.66. The molecule has 2 nitrogen and oxygen atoms in total. The van der Waals surface area contributed by atoms with Gasteiger partial charge in [0, 0.05) is 12.6 Å². The van der Waals surface area contributed by atoms with Gasteiger partial charge in [-0.2, -0.15) is 0 Å². The maximum Gasteiger partial charge on any atom is 0.0593 e. The first-order valence-electron chi connectivity index (χ1n) is 7.21. The fraction of sp³-hybridized carbons (Fsp3) is 0.625. The third kappa shape index (κ3) is 3.56. The Morgan fingerprint density at radius 3 is 2.61 bits per heavy atom. The van der Waals surface area contributed by atoms with Crippen molar-refractivity contribution in [3.63, 3.8) is 0 Å². The van der Waals surface area contributed by atoms with Crippen LogP contribution >= 0.6 is 0 Å². The van der Waals surface area contributed by atoms with E-state index in [1.165, 1.54) is 30.4 Å². The Kier molecular flexibility index (Phi) is 5.21. The van der Waals surface area contributed by atoms with E-state index in [4.69, 9.17) is 4.74 Å². The van der Waals surface area contributed by atoms with E-state index in [2.05, 4.69) is 36.5 Å². The quantitative estimate of drug-likeness (QED) is 0.860. The summed E-state index contributed by atoms with van der Waals surface area (Å²) in [5, 5.41) is 3.42. The molecule has 1 aromatic rings. The molecule has 1 N–H and O–H groups in total. The predicted octanol–water partition coefficient (Wildman–Crippen LogP) is 3.47. The Balaban J connectivity index is 1.97. The van der Waals surface area contributed by atoms with E-state index in [9.17, 15) is 0 Å². The monoisotopic (exact) mass is 247 g/mol. The molecule has 0 saturated carbocycles. The topological polar surface area (TPSA) is 21.3 Å². The van der Waals surface area contributed by atoms with Gasteiger partial charge in [0.15, 0.2) is 0 Å². The number of hydrogen-bond acceptors (Lipinski definition) is 2. The average molecular weight is 247 g/mol. The smallest absolute Gasteiger partial charge is 0.0593 e. The number of aryl methyl sites for hydroxylation is 1. The summed E-state index contributed by atoms with van der Waals surface area (Å²) in [6, 6.07) is 9.40. The van der Waals surface area contributed by atoms with Crippen molar-refractivity contribution >= 4 is 0 Å². The van der Waals surface area contributed by atoms with E-state index in [1.807, 2.05) is 7.05 Å². The molecule has 1 heterocycles. The summed E-state index contributed by atoms with van der Waals surface area (Å²) in [5.74, 6) is 0. The van der Waals surface area contributed by atoms with Gasteiger partial charge in [-0.1, -0.05) is 31.2 Å². The van der Waals surface area contributed by atoms with Crippen LogP contribution in [0.3, 0.4) is 0 Å². The molecular weight excluding hydrogens is 222 g/mol. The molecule has 0 amide bonds. The van der Waals surface area contributed by atoms with Crippen molar-refractivity contribution in [1.82, 2.24) is 5.32 Å². The van der Waals surface area contributed by atoms with E-state index >= 15 is 0 Å². The van der Waals surface area contributed by atoms with Gasteiger partial charge in [-0.05, 0) is 50.3 Å². The van der Waals surface area contributed by atoms with Gasteiger partial charge >= 0.3 is 0 Å². The Morgan fingerprint density at radius 1 is 1.28 bits per heavy atom. The molecule has 1 aromatic carbocycles. The SMILES string of the molecule is CCc1ccc(C(CC2CCCCO2)NC)cc1. The van der Waals surface area contributed by atoms with Crippen LogP contribution in [0.5, 0.6) is 0 Å². The maximum atomic E-state index is 5.84. The molecule has 100 valence electrons. The summed E-state index contributed by atoms with van der Waals surface area (Å²) in [7, 11) is 2.04. The standard InChI is InChI=1S/C16H25NO/c1-3-13-7-9-14(10-8-13)16(17-2)12-15-6-4-5-11-18-15/h7-10,15-17H,3-6,11-12H2,1-2H3. The van der Waals surface area contributed by atoms with Crippen molar-refractivity contribution in [2.75, 3.05) is 13.7 Å². The van der Waals surface area contributed by atoms with Crippen LogP contribution < -0.4 is 5.32 Å². The summed E-state index contributed by atoms with van der Waals surface area (Å²) >= 11 is 0. The lowest BCUT2D eigenvalue weighted by molar-refractivity contribution is 0.00548. The minimum atomic E-state index is 0.416. The van der Waals surface area contributed by atoms with Crippen LogP contribution in [-0.2, 0) is 11.2 Å². The van der Waals surface area contributed by atoms with Crippen LogP contribution in [0, 0.1) is 0 Å². The summed E-state index contributed by atoms with van der Waals surface area (Å²) < 4.78 is 5.84. The number of rotatable bonds is 5. The van der Waals surface area contributed by atoms with Crippen LogP contribution in [-0.4, -0.2) is 19.8 Å². The third-order valence-electron chi connectivity index (χ3n) is 3.91. The molecular formula is C16H25NO. The van der Waals surface area contributed by atoms with Crippen LogP contribution in [0.1, 0.15) is 49.8 Å². The van der Waals surface area contributed by atoms with Crippen molar-refractivity contribution in [3.8, 4) is 0 Å². The molecule has 1 fully saturated rings. The van der Waals surface area contributed by atoms with Crippen LogP contribution in [0.4, 0.5) is 0 Å². The highest BCUT2D eigenvalue weighted by molar-refractivity contribution is 5.25. The predicted molar refractivity (Wildman–Crippen MR) is 75.8 cm³/mol. The van der Waals surface area contributed by atoms with Crippen LogP contribution in [0.15, 0.2) is 24.3 Å². The maximum absolute atomic E-state index is 5.84. The second-order valence-corrected chi connectivity index (χ2v) is 5.16. The van der Waals surface area contributed by atoms with Gasteiger partial charge in [-0.25, -0.2) is 0 Å². The summed E-state index contributed by atoms with van der Waals surface area (Å²) in [5.41, 5.74) is 2.78. The van der Waals surface area contributed by atoms with Crippen LogP contribution in [0.2, 0.25) is 0 Å². The summed E-state index contributed by atoms with van der Waals surface area (Å²) in [6.45, 7) is 3.14. The van der Waals surface area contributed by atoms with Crippen molar-refractivity contribution in [1.29, 1.82) is 0 Å². The third-order valence-corrected chi connectivity index (χ3v) is 3.91. The van der Waals surface area contributed by atoms with Crippen molar-refractivity contribution in [2.24, 2.45) is 0 Å². The molecule has 0 aromatic heterocycles. The molecule has 18 heavy (non-hydrogen) atoms. The zero-order valence-electron chi connectivity index (χ0n) is 11.6. The molecule has 2 unspecified atom stereocenters. The molecule has 1 saturated heterocycles. The first-order valence-corrected chi connectivity index (χ1v) is 7.21. The summed E-state index contributed by atoms with van der Waals surface area (Å²) in [6.07, 6.45) is 6.38. The number of benzene rings is 1. The molecule has 2 atom stereocenters. The average Bonchev–Trinajstić information content (AvgIpc) is 2.46. The highest BCUT2D eigenvalue weighted by Gasteiger charge is 2.19. The molecule has 0 radical (unpaired) electrons. The Bertz CT molecular complexity index is 341. The zero-order chi connectivity index (χ0) is 12.8. The van der Waals surface area contributed by atoms with Gasteiger partial charge in [-0.15, -0.1) is 0 Å². The Hall–Kier alpha value is -0.860.